The van der Waals surface area contributed by atoms with Crippen LogP contribution in [-0.2, 0) is 4.74 Å². The van der Waals surface area contributed by atoms with E-state index in [1.54, 1.807) is 0 Å². The maximum Gasteiger partial charge on any atom is 0.0962 e. The summed E-state index contributed by atoms with van der Waals surface area (Å²) in [5.41, 5.74) is 0. The molecule has 2 N–H and O–H groups in total. The number of hydrogen-bond donors (Lipinski definition) is 2. The van der Waals surface area contributed by atoms with Crippen LogP contribution in [0.3, 0.4) is 0 Å². The highest BCUT2D eigenvalue weighted by Crippen LogP contribution is 2.22. The predicted molar refractivity (Wildman–Crippen MR) is 32.1 cm³/mol. The molecule has 2 saturated heterocycles. The monoisotopic (exact) mass is 129 g/mol. The van der Waals surface area contributed by atoms with Gasteiger partial charge in [0.1, 0.15) is 0 Å². The second kappa shape index (κ2) is 1.94. The molecule has 3 atom stereocenters. The molecule has 9 heavy (non-hydrogen) atoms. The molecule has 0 saturated carbocycles. The van der Waals surface area contributed by atoms with Gasteiger partial charge in [0, 0.05) is 19.0 Å². The van der Waals surface area contributed by atoms with Gasteiger partial charge in [-0.15, -0.1) is 0 Å². The molecule has 0 aromatic rings. The Bertz CT molecular complexity index is 102. The highest BCUT2D eigenvalue weighted by atomic mass is 16.5. The first-order valence-electron chi connectivity index (χ1n) is 3.38. The molecule has 0 aromatic carbocycles. The van der Waals surface area contributed by atoms with E-state index in [9.17, 15) is 5.11 Å². The lowest BCUT2D eigenvalue weighted by atomic mass is 9.98. The SMILES string of the molecule is O[C@@H]1[C@H]2CNC[C@@H]1OC2. The van der Waals surface area contributed by atoms with Gasteiger partial charge in [-0.05, 0) is 0 Å². The third kappa shape index (κ3) is 0.764. The van der Waals surface area contributed by atoms with Gasteiger partial charge in [0.25, 0.3) is 0 Å². The predicted octanol–water partition coefficient (Wildman–Crippen LogP) is -1.03. The van der Waals surface area contributed by atoms with Gasteiger partial charge in [-0.25, -0.2) is 0 Å². The third-order valence-electron chi connectivity index (χ3n) is 2.14. The van der Waals surface area contributed by atoms with Crippen LogP contribution >= 0.6 is 0 Å². The molecule has 3 heteroatoms. The summed E-state index contributed by atoms with van der Waals surface area (Å²) in [4.78, 5) is 0. The Hall–Kier alpha value is -0.120. The minimum absolute atomic E-state index is 0.0729. The number of hydrogen-bond acceptors (Lipinski definition) is 3. The fourth-order valence-corrected chi connectivity index (χ4v) is 1.52. The zero-order valence-corrected chi connectivity index (χ0v) is 5.21. The summed E-state index contributed by atoms with van der Waals surface area (Å²) in [5.74, 6) is 0.351. The minimum Gasteiger partial charge on any atom is -0.390 e. The molecule has 2 fully saturated rings. The first kappa shape index (κ1) is 5.65. The molecule has 0 radical (unpaired) electrons. The third-order valence-corrected chi connectivity index (χ3v) is 2.14. The van der Waals surface area contributed by atoms with E-state index in [0.717, 1.165) is 19.7 Å². The summed E-state index contributed by atoms with van der Waals surface area (Å²) in [7, 11) is 0. The Balaban J connectivity index is 2.10. The number of aliphatic hydroxyl groups is 1. The highest BCUT2D eigenvalue weighted by Gasteiger charge is 2.38. The van der Waals surface area contributed by atoms with Gasteiger partial charge in [0.2, 0.25) is 0 Å². The van der Waals surface area contributed by atoms with Crippen molar-refractivity contribution in [3.63, 3.8) is 0 Å². The second-order valence-electron chi connectivity index (χ2n) is 2.78. The van der Waals surface area contributed by atoms with Crippen molar-refractivity contribution < 1.29 is 9.84 Å². The summed E-state index contributed by atoms with van der Waals surface area (Å²) in [5, 5.41) is 12.5. The van der Waals surface area contributed by atoms with Crippen LogP contribution in [0.4, 0.5) is 0 Å². The van der Waals surface area contributed by atoms with Crippen LogP contribution in [0.15, 0.2) is 0 Å². The van der Waals surface area contributed by atoms with Crippen LogP contribution in [0.5, 0.6) is 0 Å². The highest BCUT2D eigenvalue weighted by molar-refractivity contribution is 4.90. The molecule has 3 nitrogen and oxygen atoms in total. The van der Waals surface area contributed by atoms with Crippen molar-refractivity contribution in [1.82, 2.24) is 5.32 Å². The molecule has 0 unspecified atom stereocenters. The van der Waals surface area contributed by atoms with E-state index in [4.69, 9.17) is 4.74 Å². The Labute approximate surface area is 54.0 Å². The van der Waals surface area contributed by atoms with Gasteiger partial charge in [-0.3, -0.25) is 0 Å². The quantitative estimate of drug-likeness (QED) is 0.439. The van der Waals surface area contributed by atoms with Crippen LogP contribution < -0.4 is 5.32 Å². The minimum atomic E-state index is -0.203. The van der Waals surface area contributed by atoms with Crippen molar-refractivity contribution in [1.29, 1.82) is 0 Å². The molecule has 0 spiro atoms. The number of aliphatic hydroxyl groups excluding tert-OH is 1. The molecular weight excluding hydrogens is 118 g/mol. The van der Waals surface area contributed by atoms with Crippen LogP contribution in [0.25, 0.3) is 0 Å². The van der Waals surface area contributed by atoms with Crippen molar-refractivity contribution in [2.75, 3.05) is 19.7 Å². The van der Waals surface area contributed by atoms with E-state index >= 15 is 0 Å². The molecule has 52 valence electrons. The summed E-state index contributed by atoms with van der Waals surface area (Å²) in [6.45, 7) is 2.47. The Morgan fingerprint density at radius 1 is 1.44 bits per heavy atom. The molecule has 2 rings (SSSR count). The first-order chi connectivity index (χ1) is 4.38. The standard InChI is InChI=1S/C6H11NO2/c8-6-4-1-7-2-5(6)9-3-4/h4-8H,1-3H2/t4-,5-,6+/m0/s1. The van der Waals surface area contributed by atoms with Gasteiger partial charge in [0.15, 0.2) is 0 Å². The van der Waals surface area contributed by atoms with Crippen LogP contribution in [0.1, 0.15) is 0 Å². The summed E-state index contributed by atoms with van der Waals surface area (Å²) < 4.78 is 5.28. The number of fused-ring (bicyclic) bond motifs is 2. The number of rotatable bonds is 0. The zero-order valence-electron chi connectivity index (χ0n) is 5.21. The van der Waals surface area contributed by atoms with E-state index in [0.29, 0.717) is 5.92 Å². The fourth-order valence-electron chi connectivity index (χ4n) is 1.52. The van der Waals surface area contributed by atoms with Crippen LogP contribution in [0, 0.1) is 5.92 Å². The lowest BCUT2D eigenvalue weighted by Crippen LogP contribution is -2.45. The van der Waals surface area contributed by atoms with E-state index in [1.165, 1.54) is 0 Å². The fraction of sp³-hybridized carbons (Fsp3) is 1.00. The lowest BCUT2D eigenvalue weighted by Gasteiger charge is -2.23. The van der Waals surface area contributed by atoms with E-state index < -0.39 is 0 Å². The first-order valence-corrected chi connectivity index (χ1v) is 3.38. The van der Waals surface area contributed by atoms with E-state index in [2.05, 4.69) is 5.32 Å². The molecule has 0 amide bonds. The number of ether oxygens (including phenoxy) is 1. The molecular formula is C6H11NO2. The topological polar surface area (TPSA) is 41.5 Å². The van der Waals surface area contributed by atoms with Gasteiger partial charge >= 0.3 is 0 Å². The van der Waals surface area contributed by atoms with Crippen molar-refractivity contribution in [2.45, 2.75) is 12.2 Å². The van der Waals surface area contributed by atoms with Gasteiger partial charge in [0.05, 0.1) is 18.8 Å². The molecule has 2 heterocycles. The Kier molecular flexibility index (Phi) is 1.22. The van der Waals surface area contributed by atoms with Crippen molar-refractivity contribution >= 4 is 0 Å². The maximum absolute atomic E-state index is 9.34. The average Bonchev–Trinajstić information content (AvgIpc) is 2.19. The Morgan fingerprint density at radius 2 is 2.33 bits per heavy atom. The molecule has 2 aliphatic rings. The average molecular weight is 129 g/mol. The summed E-state index contributed by atoms with van der Waals surface area (Å²) in [6.07, 6.45) is -0.130. The van der Waals surface area contributed by atoms with Crippen molar-refractivity contribution in [2.24, 2.45) is 5.92 Å². The molecule has 0 aromatic heterocycles. The number of piperidine rings is 1. The number of nitrogens with one attached hydrogen (secondary N) is 1. The molecule has 2 bridgehead atoms. The normalized spacial score (nSPS) is 49.7. The second-order valence-corrected chi connectivity index (χ2v) is 2.78. The van der Waals surface area contributed by atoms with Gasteiger partial charge in [-0.1, -0.05) is 0 Å². The smallest absolute Gasteiger partial charge is 0.0962 e. The molecule has 0 aliphatic carbocycles. The largest absolute Gasteiger partial charge is 0.390 e. The maximum atomic E-state index is 9.34. The molecule has 2 aliphatic heterocycles. The van der Waals surface area contributed by atoms with E-state index in [-0.39, 0.29) is 12.2 Å². The Morgan fingerprint density at radius 3 is 3.00 bits per heavy atom. The van der Waals surface area contributed by atoms with Crippen molar-refractivity contribution in [3.05, 3.63) is 0 Å². The van der Waals surface area contributed by atoms with E-state index in [1.807, 2.05) is 0 Å². The van der Waals surface area contributed by atoms with Gasteiger partial charge < -0.3 is 15.2 Å². The van der Waals surface area contributed by atoms with Crippen LogP contribution in [0.2, 0.25) is 0 Å². The zero-order chi connectivity index (χ0) is 6.27. The van der Waals surface area contributed by atoms with Crippen molar-refractivity contribution in [3.8, 4) is 0 Å². The summed E-state index contributed by atoms with van der Waals surface area (Å²) >= 11 is 0. The summed E-state index contributed by atoms with van der Waals surface area (Å²) in [6, 6.07) is 0. The van der Waals surface area contributed by atoms with Gasteiger partial charge in [-0.2, -0.15) is 0 Å². The van der Waals surface area contributed by atoms with Crippen LogP contribution in [-0.4, -0.2) is 37.0 Å². The lowest BCUT2D eigenvalue weighted by molar-refractivity contribution is 0.0298.